The van der Waals surface area contributed by atoms with Crippen LogP contribution in [0.5, 0.6) is 17.2 Å². The van der Waals surface area contributed by atoms with E-state index in [-0.39, 0.29) is 11.9 Å². The van der Waals surface area contributed by atoms with E-state index in [9.17, 15) is 0 Å². The third kappa shape index (κ3) is 8.06. The van der Waals surface area contributed by atoms with E-state index < -0.39 is 11.2 Å². The number of para-hydroxylation sites is 1. The third-order valence-corrected chi connectivity index (χ3v) is 2.03. The molecule has 0 aromatic heterocycles. The van der Waals surface area contributed by atoms with Gasteiger partial charge in [0.2, 0.25) is 11.5 Å². The predicted octanol–water partition coefficient (Wildman–Crippen LogP) is 4.62. The highest BCUT2D eigenvalue weighted by Gasteiger charge is 2.22. The number of hydrogen-bond donors (Lipinski definition) is 0. The topological polar surface area (TPSA) is 55.4 Å². The van der Waals surface area contributed by atoms with Crippen molar-refractivity contribution >= 4 is 0 Å². The highest BCUT2D eigenvalue weighted by Crippen LogP contribution is 2.39. The monoisotopic (exact) mass is 328 g/mol. The summed E-state index contributed by atoms with van der Waals surface area (Å²) in [6, 6.07) is 5.12. The normalized spacial score (nSPS) is 12.4. The van der Waals surface area contributed by atoms with Gasteiger partial charge in [0.05, 0.1) is 6.10 Å². The molecule has 0 saturated carbocycles. The summed E-state index contributed by atoms with van der Waals surface area (Å²) < 4.78 is 0. The largest absolute Gasteiger partial charge is 0.333 e. The first-order chi connectivity index (χ1) is 10.5. The summed E-state index contributed by atoms with van der Waals surface area (Å²) in [5, 5.41) is 0. The van der Waals surface area contributed by atoms with Crippen LogP contribution in [0.25, 0.3) is 0 Å². The van der Waals surface area contributed by atoms with Gasteiger partial charge in [-0.25, -0.2) is 0 Å². The summed E-state index contributed by atoms with van der Waals surface area (Å²) in [6.45, 7) is 14.9. The Balaban J connectivity index is 2.99. The molecule has 0 amide bonds. The lowest BCUT2D eigenvalue weighted by atomic mass is 10.2. The molecule has 132 valence electrons. The minimum atomic E-state index is -0.506. The lowest BCUT2D eigenvalue weighted by Crippen LogP contribution is -2.23. The van der Waals surface area contributed by atoms with E-state index in [0.29, 0.717) is 11.5 Å². The molecule has 0 aliphatic rings. The second-order valence-corrected chi connectivity index (χ2v) is 7.37. The van der Waals surface area contributed by atoms with Crippen molar-refractivity contribution < 1.29 is 29.3 Å². The smallest absolute Gasteiger partial charge is 0.257 e. The molecular weight excluding hydrogens is 300 g/mol. The van der Waals surface area contributed by atoms with Crippen LogP contribution in [-0.2, 0) is 14.7 Å². The van der Waals surface area contributed by atoms with Gasteiger partial charge >= 0.3 is 0 Å². The average Bonchev–Trinajstić information content (AvgIpc) is 2.39. The Labute approximate surface area is 138 Å². The fourth-order valence-electron chi connectivity index (χ4n) is 1.19. The van der Waals surface area contributed by atoms with Crippen molar-refractivity contribution in [3.8, 4) is 17.2 Å². The zero-order valence-electron chi connectivity index (χ0n) is 15.3. The first kappa shape index (κ1) is 19.5. The van der Waals surface area contributed by atoms with Crippen LogP contribution in [0.1, 0.15) is 55.4 Å². The molecular formula is C17H28O6. The van der Waals surface area contributed by atoms with Crippen molar-refractivity contribution in [1.29, 1.82) is 0 Å². The predicted molar refractivity (Wildman–Crippen MR) is 86.2 cm³/mol. The van der Waals surface area contributed by atoms with Gasteiger partial charge in [0.1, 0.15) is 11.2 Å². The van der Waals surface area contributed by atoms with E-state index in [2.05, 4.69) is 0 Å². The first-order valence-corrected chi connectivity index (χ1v) is 7.66. The molecule has 0 saturated heterocycles. The van der Waals surface area contributed by atoms with Gasteiger partial charge in [-0.3, -0.25) is 0 Å². The Morgan fingerprint density at radius 3 is 1.70 bits per heavy atom. The van der Waals surface area contributed by atoms with Crippen molar-refractivity contribution in [2.24, 2.45) is 0 Å². The molecule has 1 aromatic rings. The highest BCUT2D eigenvalue weighted by atomic mass is 17.2. The zero-order chi connectivity index (χ0) is 17.7. The molecule has 0 radical (unpaired) electrons. The van der Waals surface area contributed by atoms with Crippen molar-refractivity contribution in [2.75, 3.05) is 0 Å². The second kappa shape index (κ2) is 7.86. The van der Waals surface area contributed by atoms with E-state index in [1.54, 1.807) is 18.2 Å². The fourth-order valence-corrected chi connectivity index (χ4v) is 1.19. The van der Waals surface area contributed by atoms with Crippen molar-refractivity contribution in [1.82, 2.24) is 0 Å². The van der Waals surface area contributed by atoms with Crippen molar-refractivity contribution in [2.45, 2.75) is 72.7 Å². The van der Waals surface area contributed by atoms with Crippen LogP contribution in [0.2, 0.25) is 0 Å². The van der Waals surface area contributed by atoms with E-state index in [0.717, 1.165) is 0 Å². The maximum absolute atomic E-state index is 5.42. The number of rotatable bonds is 7. The average molecular weight is 328 g/mol. The summed E-state index contributed by atoms with van der Waals surface area (Å²) in [6.07, 6.45) is -0.109. The van der Waals surface area contributed by atoms with Crippen LogP contribution < -0.4 is 14.7 Å². The molecule has 0 atom stereocenters. The summed E-state index contributed by atoms with van der Waals surface area (Å²) in [5.74, 6) is 0.902. The van der Waals surface area contributed by atoms with Gasteiger partial charge in [-0.1, -0.05) is 6.07 Å². The van der Waals surface area contributed by atoms with E-state index in [1.165, 1.54) is 0 Å². The Morgan fingerprint density at radius 1 is 0.739 bits per heavy atom. The molecule has 0 bridgehead atoms. The summed E-state index contributed by atoms with van der Waals surface area (Å²) in [4.78, 5) is 32.0. The van der Waals surface area contributed by atoms with Gasteiger partial charge in [-0.2, -0.15) is 14.7 Å². The van der Waals surface area contributed by atoms with Crippen LogP contribution in [0.4, 0.5) is 0 Å². The lowest BCUT2D eigenvalue weighted by molar-refractivity contribution is -0.296. The second-order valence-electron chi connectivity index (χ2n) is 7.37. The maximum Gasteiger partial charge on any atom is 0.257 e. The molecule has 0 unspecified atom stereocenters. The molecule has 6 nitrogen and oxygen atoms in total. The van der Waals surface area contributed by atoms with Crippen molar-refractivity contribution in [3.63, 3.8) is 0 Å². The van der Waals surface area contributed by atoms with E-state index in [1.807, 2.05) is 55.4 Å². The number of hydrogen-bond acceptors (Lipinski definition) is 6. The molecule has 0 heterocycles. The number of benzene rings is 1. The molecule has 6 heteroatoms. The molecule has 0 aliphatic carbocycles. The Bertz CT molecular complexity index is 485. The van der Waals surface area contributed by atoms with Crippen LogP contribution in [0.15, 0.2) is 18.2 Å². The van der Waals surface area contributed by atoms with Crippen molar-refractivity contribution in [3.05, 3.63) is 18.2 Å². The summed E-state index contributed by atoms with van der Waals surface area (Å²) >= 11 is 0. The van der Waals surface area contributed by atoms with Gasteiger partial charge in [-0.05, 0) is 67.5 Å². The zero-order valence-corrected chi connectivity index (χ0v) is 15.3. The highest BCUT2D eigenvalue weighted by molar-refractivity contribution is 5.50. The molecule has 1 rings (SSSR count). The van der Waals surface area contributed by atoms with Gasteiger partial charge in [0.15, 0.2) is 0 Å². The summed E-state index contributed by atoms with van der Waals surface area (Å²) in [7, 11) is 0. The molecule has 23 heavy (non-hydrogen) atoms. The van der Waals surface area contributed by atoms with E-state index >= 15 is 0 Å². The quantitative estimate of drug-likeness (QED) is 0.537. The van der Waals surface area contributed by atoms with Gasteiger partial charge in [0.25, 0.3) is 5.75 Å². The molecule has 0 fully saturated rings. The van der Waals surface area contributed by atoms with Gasteiger partial charge < -0.3 is 14.7 Å². The lowest BCUT2D eigenvalue weighted by Gasteiger charge is -2.22. The minimum absolute atomic E-state index is 0.109. The standard InChI is InChI=1S/C17H28O6/c1-12(2)18-19-13-10-9-11-14(20-22-16(3,4)5)15(13)21-23-17(6,7)8/h9-12H,1-8H3. The first-order valence-electron chi connectivity index (χ1n) is 7.66. The Morgan fingerprint density at radius 2 is 1.22 bits per heavy atom. The van der Waals surface area contributed by atoms with Gasteiger partial charge in [0, 0.05) is 0 Å². The minimum Gasteiger partial charge on any atom is -0.333 e. The maximum atomic E-state index is 5.42. The third-order valence-electron chi connectivity index (χ3n) is 2.03. The molecule has 0 spiro atoms. The van der Waals surface area contributed by atoms with Crippen LogP contribution in [-0.4, -0.2) is 17.3 Å². The van der Waals surface area contributed by atoms with Gasteiger partial charge in [-0.15, -0.1) is 0 Å². The van der Waals surface area contributed by atoms with E-state index in [4.69, 9.17) is 29.3 Å². The molecule has 0 aliphatic heterocycles. The Kier molecular flexibility index (Phi) is 6.68. The van der Waals surface area contributed by atoms with Crippen LogP contribution in [0.3, 0.4) is 0 Å². The summed E-state index contributed by atoms with van der Waals surface area (Å²) in [5.41, 5.74) is -0.985. The van der Waals surface area contributed by atoms with Crippen LogP contribution >= 0.6 is 0 Å². The molecule has 1 aromatic carbocycles. The Hall–Kier alpha value is -1.50. The van der Waals surface area contributed by atoms with Crippen LogP contribution in [0, 0.1) is 0 Å². The fraction of sp³-hybridized carbons (Fsp3) is 0.647. The molecule has 0 N–H and O–H groups in total. The SMILES string of the molecule is CC(C)OOc1cccc(OOC(C)(C)C)c1OOC(C)(C)C.